The standard InChI is InChI=1S/C17H18Cl3NO/c18-9-1-3-10(4-2-9)21-16(22)15-11-5-7-13-14(17(13,19)20)8-6-12(11)15/h1-4,11-15H,5-8H2,(H,21,22)/t11-,12+,13+,14-,15?. The Bertz CT molecular complexity index is 578. The van der Waals surface area contributed by atoms with Crippen molar-refractivity contribution >= 4 is 46.4 Å². The monoisotopic (exact) mass is 357 g/mol. The van der Waals surface area contributed by atoms with Crippen molar-refractivity contribution < 1.29 is 4.79 Å². The van der Waals surface area contributed by atoms with Crippen molar-refractivity contribution in [3.63, 3.8) is 0 Å². The third-order valence-electron chi connectivity index (χ3n) is 5.73. The fourth-order valence-electron chi connectivity index (χ4n) is 4.37. The molecular weight excluding hydrogens is 341 g/mol. The van der Waals surface area contributed by atoms with E-state index in [1.807, 2.05) is 12.1 Å². The molecule has 0 heterocycles. The summed E-state index contributed by atoms with van der Waals surface area (Å²) in [4.78, 5) is 12.5. The minimum Gasteiger partial charge on any atom is -0.326 e. The molecule has 1 aromatic rings. The fourth-order valence-corrected chi connectivity index (χ4v) is 5.42. The second-order valence-electron chi connectivity index (χ2n) is 6.89. The van der Waals surface area contributed by atoms with Gasteiger partial charge in [0.1, 0.15) is 4.33 Å². The molecule has 118 valence electrons. The molecule has 0 aliphatic heterocycles. The van der Waals surface area contributed by atoms with Crippen LogP contribution in [0.2, 0.25) is 5.02 Å². The van der Waals surface area contributed by atoms with Gasteiger partial charge in [0.2, 0.25) is 5.91 Å². The second-order valence-corrected chi connectivity index (χ2v) is 8.77. The number of alkyl halides is 2. The minimum atomic E-state index is -0.488. The Morgan fingerprint density at radius 2 is 1.55 bits per heavy atom. The van der Waals surface area contributed by atoms with Crippen LogP contribution in [-0.4, -0.2) is 10.2 Å². The summed E-state index contributed by atoms with van der Waals surface area (Å²) in [6.07, 6.45) is 4.27. The molecule has 2 nitrogen and oxygen atoms in total. The lowest BCUT2D eigenvalue weighted by atomic mass is 10.0. The van der Waals surface area contributed by atoms with Crippen molar-refractivity contribution in [1.29, 1.82) is 0 Å². The summed E-state index contributed by atoms with van der Waals surface area (Å²) in [7, 11) is 0. The van der Waals surface area contributed by atoms with Crippen LogP contribution in [0.4, 0.5) is 5.69 Å². The van der Waals surface area contributed by atoms with Crippen LogP contribution in [0.25, 0.3) is 0 Å². The summed E-state index contributed by atoms with van der Waals surface area (Å²) in [6.45, 7) is 0. The van der Waals surface area contributed by atoms with Crippen molar-refractivity contribution in [2.45, 2.75) is 30.0 Å². The lowest BCUT2D eigenvalue weighted by Gasteiger charge is -2.05. The molecule has 0 saturated heterocycles. The van der Waals surface area contributed by atoms with E-state index >= 15 is 0 Å². The van der Waals surface area contributed by atoms with Crippen LogP contribution in [0.15, 0.2) is 24.3 Å². The third kappa shape index (κ3) is 2.53. The average molecular weight is 359 g/mol. The number of amides is 1. The van der Waals surface area contributed by atoms with Gasteiger partial charge in [0.15, 0.2) is 0 Å². The van der Waals surface area contributed by atoms with E-state index in [0.29, 0.717) is 28.7 Å². The van der Waals surface area contributed by atoms with Crippen LogP contribution in [0.3, 0.4) is 0 Å². The number of hydrogen-bond acceptors (Lipinski definition) is 1. The van der Waals surface area contributed by atoms with Crippen molar-refractivity contribution in [2.24, 2.45) is 29.6 Å². The molecular formula is C17H18Cl3NO. The lowest BCUT2D eigenvalue weighted by molar-refractivity contribution is -0.117. The van der Waals surface area contributed by atoms with Crippen molar-refractivity contribution in [3.8, 4) is 0 Å². The van der Waals surface area contributed by atoms with Gasteiger partial charge in [-0.1, -0.05) is 11.6 Å². The maximum atomic E-state index is 12.5. The predicted molar refractivity (Wildman–Crippen MR) is 90.4 cm³/mol. The van der Waals surface area contributed by atoms with Gasteiger partial charge in [-0.15, -0.1) is 23.2 Å². The zero-order valence-corrected chi connectivity index (χ0v) is 14.3. The number of nitrogens with one attached hydrogen (secondary N) is 1. The topological polar surface area (TPSA) is 29.1 Å². The number of halogens is 3. The molecule has 0 bridgehead atoms. The largest absolute Gasteiger partial charge is 0.326 e. The normalized spacial score (nSPS) is 38.0. The van der Waals surface area contributed by atoms with Gasteiger partial charge in [0.25, 0.3) is 0 Å². The zero-order valence-electron chi connectivity index (χ0n) is 12.1. The summed E-state index contributed by atoms with van der Waals surface area (Å²) < 4.78 is -0.488. The number of anilines is 1. The lowest BCUT2D eigenvalue weighted by Crippen LogP contribution is -2.15. The number of benzene rings is 1. The molecule has 22 heavy (non-hydrogen) atoms. The number of carbonyl (C=O) groups excluding carboxylic acids is 1. The molecule has 3 fully saturated rings. The van der Waals surface area contributed by atoms with Crippen molar-refractivity contribution in [1.82, 2.24) is 0 Å². The Morgan fingerprint density at radius 3 is 2.09 bits per heavy atom. The first-order chi connectivity index (χ1) is 10.5. The minimum absolute atomic E-state index is 0.149. The maximum absolute atomic E-state index is 12.5. The Labute approximate surface area is 145 Å². The Balaban J connectivity index is 1.37. The highest BCUT2D eigenvalue weighted by Crippen LogP contribution is 2.67. The van der Waals surface area contributed by atoms with E-state index in [1.54, 1.807) is 12.1 Å². The van der Waals surface area contributed by atoms with E-state index in [1.165, 1.54) is 0 Å². The van der Waals surface area contributed by atoms with Crippen LogP contribution < -0.4 is 5.32 Å². The van der Waals surface area contributed by atoms with E-state index in [9.17, 15) is 4.79 Å². The quantitative estimate of drug-likeness (QED) is 0.729. The van der Waals surface area contributed by atoms with Crippen molar-refractivity contribution in [2.75, 3.05) is 5.32 Å². The van der Waals surface area contributed by atoms with E-state index in [0.717, 1.165) is 31.4 Å². The molecule has 1 amide bonds. The van der Waals surface area contributed by atoms with E-state index in [4.69, 9.17) is 34.8 Å². The Morgan fingerprint density at radius 1 is 1.00 bits per heavy atom. The smallest absolute Gasteiger partial charge is 0.228 e. The van der Waals surface area contributed by atoms with Gasteiger partial charge in [0.05, 0.1) is 0 Å². The maximum Gasteiger partial charge on any atom is 0.228 e. The molecule has 3 saturated carbocycles. The highest BCUT2D eigenvalue weighted by molar-refractivity contribution is 6.51. The first-order valence-corrected chi connectivity index (χ1v) is 9.06. The Hall–Kier alpha value is -0.440. The second kappa shape index (κ2) is 5.29. The molecule has 0 radical (unpaired) electrons. The van der Waals surface area contributed by atoms with Gasteiger partial charge in [-0.3, -0.25) is 4.79 Å². The number of carbonyl (C=O) groups is 1. The van der Waals surface area contributed by atoms with Gasteiger partial charge in [0, 0.05) is 16.6 Å². The SMILES string of the molecule is O=C(Nc1ccc(Cl)cc1)C1[C@H]2CC[C@@H]3[C@H](CC[C@@H]12)C3(Cl)Cl. The molecule has 5 atom stereocenters. The average Bonchev–Trinajstić information content (AvgIpc) is 3.26. The highest BCUT2D eigenvalue weighted by Gasteiger charge is 2.65. The molecule has 3 aliphatic carbocycles. The molecule has 1 aromatic carbocycles. The molecule has 5 heteroatoms. The van der Waals surface area contributed by atoms with Crippen LogP contribution in [0.5, 0.6) is 0 Å². The molecule has 1 N–H and O–H groups in total. The Kier molecular flexibility index (Phi) is 3.63. The van der Waals surface area contributed by atoms with E-state index < -0.39 is 4.33 Å². The van der Waals surface area contributed by atoms with Gasteiger partial charge < -0.3 is 5.32 Å². The van der Waals surface area contributed by atoms with Gasteiger partial charge in [-0.25, -0.2) is 0 Å². The van der Waals surface area contributed by atoms with Gasteiger partial charge in [-0.05, 0) is 73.6 Å². The summed E-state index contributed by atoms with van der Waals surface area (Å²) in [5.74, 6) is 2.22. The molecule has 0 aromatic heterocycles. The van der Waals surface area contributed by atoms with Crippen LogP contribution in [0, 0.1) is 29.6 Å². The van der Waals surface area contributed by atoms with Crippen LogP contribution >= 0.6 is 34.8 Å². The van der Waals surface area contributed by atoms with Crippen LogP contribution in [0.1, 0.15) is 25.7 Å². The zero-order chi connectivity index (χ0) is 15.5. The van der Waals surface area contributed by atoms with Crippen LogP contribution in [-0.2, 0) is 4.79 Å². The number of rotatable bonds is 2. The molecule has 1 unspecified atom stereocenters. The van der Waals surface area contributed by atoms with E-state index in [-0.39, 0.29) is 11.8 Å². The summed E-state index contributed by atoms with van der Waals surface area (Å²) in [6, 6.07) is 7.27. The third-order valence-corrected chi connectivity index (χ3v) is 7.11. The summed E-state index contributed by atoms with van der Waals surface area (Å²) in [5, 5.41) is 3.69. The van der Waals surface area contributed by atoms with Crippen molar-refractivity contribution in [3.05, 3.63) is 29.3 Å². The predicted octanol–water partition coefficient (Wildman–Crippen LogP) is 5.13. The summed E-state index contributed by atoms with van der Waals surface area (Å²) in [5.41, 5.74) is 0.817. The van der Waals surface area contributed by atoms with E-state index in [2.05, 4.69) is 5.32 Å². The first-order valence-electron chi connectivity index (χ1n) is 7.92. The molecule has 4 rings (SSSR count). The van der Waals surface area contributed by atoms with Gasteiger partial charge >= 0.3 is 0 Å². The molecule has 3 aliphatic rings. The highest BCUT2D eigenvalue weighted by atomic mass is 35.5. The number of hydrogen-bond donors (Lipinski definition) is 1. The van der Waals surface area contributed by atoms with Gasteiger partial charge in [-0.2, -0.15) is 0 Å². The first kappa shape index (κ1) is 15.1. The molecule has 0 spiro atoms. The fraction of sp³-hybridized carbons (Fsp3) is 0.588. The summed E-state index contributed by atoms with van der Waals surface area (Å²) >= 11 is 18.5. The number of fused-ring (bicyclic) bond motifs is 2.